The van der Waals surface area contributed by atoms with E-state index in [1.807, 2.05) is 32.3 Å². The number of carbonyl (C=O) groups is 3. The molecule has 3 heterocycles. The van der Waals surface area contributed by atoms with Gasteiger partial charge in [-0.15, -0.1) is 0 Å². The van der Waals surface area contributed by atoms with E-state index in [1.54, 1.807) is 6.26 Å². The predicted octanol–water partition coefficient (Wildman–Crippen LogP) is 4.72. The Morgan fingerprint density at radius 2 is 1.76 bits per heavy atom. The zero-order chi connectivity index (χ0) is 27.5. The summed E-state index contributed by atoms with van der Waals surface area (Å²) >= 11 is 0. The lowest BCUT2D eigenvalue weighted by Gasteiger charge is -2.68. The van der Waals surface area contributed by atoms with Gasteiger partial charge in [0.1, 0.15) is 23.4 Å². The van der Waals surface area contributed by atoms with Crippen molar-refractivity contribution < 1.29 is 37.7 Å². The Labute approximate surface area is 223 Å². The van der Waals surface area contributed by atoms with Gasteiger partial charge in [-0.3, -0.25) is 9.59 Å². The molecule has 0 N–H and O–H groups in total. The molecule has 1 aromatic rings. The smallest absolute Gasteiger partial charge is 0.330 e. The van der Waals surface area contributed by atoms with Gasteiger partial charge in [0, 0.05) is 36.7 Å². The number of fused-ring (bicyclic) bond motifs is 3. The quantitative estimate of drug-likeness (QED) is 0.317. The zero-order valence-corrected chi connectivity index (χ0v) is 23.2. The third-order valence-electron chi connectivity index (χ3n) is 11.1. The van der Waals surface area contributed by atoms with Crippen molar-refractivity contribution in [2.45, 2.75) is 103 Å². The summed E-state index contributed by atoms with van der Waals surface area (Å²) < 4.78 is 30.5. The molecule has 1 saturated heterocycles. The number of ether oxygens (including phenoxy) is 4. The Kier molecular flexibility index (Phi) is 5.22. The largest absolute Gasteiger partial charge is 0.472 e. The summed E-state index contributed by atoms with van der Waals surface area (Å²) in [4.78, 5) is 38.1. The molecule has 8 nitrogen and oxygen atoms in total. The Hall–Kier alpha value is -2.61. The third kappa shape index (κ3) is 2.98. The predicted molar refractivity (Wildman–Crippen MR) is 135 cm³/mol. The lowest BCUT2D eigenvalue weighted by Crippen LogP contribution is -2.74. The van der Waals surface area contributed by atoms with Gasteiger partial charge in [0.2, 0.25) is 0 Å². The van der Waals surface area contributed by atoms with Crippen LogP contribution in [0.4, 0.5) is 0 Å². The van der Waals surface area contributed by atoms with Crippen LogP contribution in [-0.2, 0) is 33.3 Å². The Morgan fingerprint density at radius 3 is 2.39 bits per heavy atom. The first-order valence-corrected chi connectivity index (χ1v) is 13.7. The van der Waals surface area contributed by atoms with Crippen LogP contribution in [0.1, 0.15) is 79.2 Å². The molecule has 1 spiro atoms. The molecular formula is C30H38O8. The van der Waals surface area contributed by atoms with E-state index in [2.05, 4.69) is 20.8 Å². The molecule has 0 bridgehead atoms. The number of cyclic esters (lactones) is 1. The minimum atomic E-state index is -0.994. The van der Waals surface area contributed by atoms with E-state index in [0.717, 1.165) is 24.8 Å². The second-order valence-corrected chi connectivity index (χ2v) is 13.3. The molecule has 6 rings (SSSR count). The highest BCUT2D eigenvalue weighted by atomic mass is 16.6. The molecule has 8 heteroatoms. The summed E-state index contributed by atoms with van der Waals surface area (Å²) in [5, 5.41) is 0. The van der Waals surface area contributed by atoms with Crippen molar-refractivity contribution in [3.05, 3.63) is 36.3 Å². The first-order valence-electron chi connectivity index (χ1n) is 13.7. The van der Waals surface area contributed by atoms with E-state index in [9.17, 15) is 14.4 Å². The molecule has 10 atom stereocenters. The van der Waals surface area contributed by atoms with E-state index >= 15 is 0 Å². The van der Waals surface area contributed by atoms with Gasteiger partial charge in [-0.2, -0.15) is 0 Å². The summed E-state index contributed by atoms with van der Waals surface area (Å²) in [5.41, 5.74) is -2.03. The van der Waals surface area contributed by atoms with Crippen molar-refractivity contribution >= 4 is 17.9 Å². The molecule has 3 saturated carbocycles. The van der Waals surface area contributed by atoms with Gasteiger partial charge in [-0.05, 0) is 62.0 Å². The molecule has 0 aromatic carbocycles. The molecule has 5 aliphatic rings. The number of rotatable bonds is 3. The van der Waals surface area contributed by atoms with Crippen LogP contribution >= 0.6 is 0 Å². The summed E-state index contributed by atoms with van der Waals surface area (Å²) in [6.07, 6.45) is 7.91. The van der Waals surface area contributed by atoms with Crippen LogP contribution in [0, 0.1) is 28.1 Å². The van der Waals surface area contributed by atoms with E-state index in [-0.39, 0.29) is 23.4 Å². The Bertz CT molecular complexity index is 1220. The topological polar surface area (TPSA) is 105 Å². The summed E-state index contributed by atoms with van der Waals surface area (Å²) in [5.74, 6) is -1.62. The van der Waals surface area contributed by atoms with Gasteiger partial charge in [-0.1, -0.05) is 26.8 Å². The third-order valence-corrected chi connectivity index (χ3v) is 11.1. The molecule has 206 valence electrons. The van der Waals surface area contributed by atoms with Crippen LogP contribution in [0.25, 0.3) is 0 Å². The first-order chi connectivity index (χ1) is 17.7. The van der Waals surface area contributed by atoms with Crippen LogP contribution in [-0.4, -0.2) is 47.4 Å². The highest BCUT2D eigenvalue weighted by Crippen LogP contribution is 2.82. The van der Waals surface area contributed by atoms with E-state index in [4.69, 9.17) is 23.4 Å². The van der Waals surface area contributed by atoms with Crippen LogP contribution in [0.3, 0.4) is 0 Å². The SMILES string of the molecule is CC(=O)O[C@H]1[C@@H](OC(C)=O)[C@]2(C)C(CC[C@@]3(C)[C@H](c4ccoc4)C[C@H]4O[C@]432)[C@@]2(C)C=CC(=O)OC(C)(C)[C@H]12. The number of epoxide rings is 1. The van der Waals surface area contributed by atoms with E-state index < -0.39 is 58.1 Å². The van der Waals surface area contributed by atoms with Crippen LogP contribution in [0.5, 0.6) is 0 Å². The van der Waals surface area contributed by atoms with Crippen molar-refractivity contribution in [1.82, 2.24) is 0 Å². The molecule has 0 amide bonds. The van der Waals surface area contributed by atoms with Crippen molar-refractivity contribution in [2.24, 2.45) is 28.1 Å². The molecule has 4 fully saturated rings. The summed E-state index contributed by atoms with van der Waals surface area (Å²) in [6, 6.07) is 2.03. The number of hydrogen-bond donors (Lipinski definition) is 0. The van der Waals surface area contributed by atoms with Crippen LogP contribution in [0.2, 0.25) is 0 Å². The fraction of sp³-hybridized carbons (Fsp3) is 0.700. The van der Waals surface area contributed by atoms with Gasteiger partial charge in [0.25, 0.3) is 0 Å². The van der Waals surface area contributed by atoms with Gasteiger partial charge in [0.05, 0.1) is 18.6 Å². The molecular weight excluding hydrogens is 488 g/mol. The average molecular weight is 527 g/mol. The molecule has 1 aromatic heterocycles. The van der Waals surface area contributed by atoms with Gasteiger partial charge in [0.15, 0.2) is 0 Å². The highest BCUT2D eigenvalue weighted by molar-refractivity contribution is 5.83. The zero-order valence-electron chi connectivity index (χ0n) is 23.2. The standard InChI is InChI=1S/C30H38O8/c1-16(31)35-23-24-26(3,4)38-22(33)9-11-27(24,5)20-8-12-28(6)19(18-10-13-34-15-18)14-21-30(28,37-21)29(20,7)25(23)36-17(2)32/h9-11,13,15,19-21,23-25H,8,12,14H2,1-7H3/t19-,20?,21+,23+,24-,25+,27+,28-,29-,30+/m0/s1. The van der Waals surface area contributed by atoms with Crippen molar-refractivity contribution in [2.75, 3.05) is 0 Å². The number of hydrogen-bond acceptors (Lipinski definition) is 8. The lowest BCUT2D eigenvalue weighted by atomic mass is 9.38. The van der Waals surface area contributed by atoms with E-state index in [0.29, 0.717) is 0 Å². The average Bonchev–Trinajstić information content (AvgIpc) is 3.19. The fourth-order valence-corrected chi connectivity index (χ4v) is 10.2. The van der Waals surface area contributed by atoms with Gasteiger partial charge < -0.3 is 23.4 Å². The van der Waals surface area contributed by atoms with Crippen molar-refractivity contribution in [3.8, 4) is 0 Å². The molecule has 38 heavy (non-hydrogen) atoms. The maximum Gasteiger partial charge on any atom is 0.330 e. The summed E-state index contributed by atoms with van der Waals surface area (Å²) in [6.45, 7) is 13.1. The van der Waals surface area contributed by atoms with Crippen LogP contribution in [0.15, 0.2) is 35.2 Å². The first kappa shape index (κ1) is 25.7. The minimum Gasteiger partial charge on any atom is -0.472 e. The van der Waals surface area contributed by atoms with Crippen molar-refractivity contribution in [3.63, 3.8) is 0 Å². The molecule has 2 aliphatic heterocycles. The molecule has 0 radical (unpaired) electrons. The minimum absolute atomic E-state index is 0.0305. The van der Waals surface area contributed by atoms with E-state index in [1.165, 1.54) is 19.9 Å². The molecule has 3 aliphatic carbocycles. The Morgan fingerprint density at radius 1 is 1.05 bits per heavy atom. The normalized spacial score (nSPS) is 47.9. The summed E-state index contributed by atoms with van der Waals surface area (Å²) in [7, 11) is 0. The van der Waals surface area contributed by atoms with Gasteiger partial charge in [-0.25, -0.2) is 4.79 Å². The van der Waals surface area contributed by atoms with Crippen molar-refractivity contribution in [1.29, 1.82) is 0 Å². The second kappa shape index (κ2) is 7.74. The number of allylic oxidation sites excluding steroid dienone is 1. The Balaban J connectivity index is 1.59. The van der Waals surface area contributed by atoms with Crippen LogP contribution < -0.4 is 0 Å². The number of carbonyl (C=O) groups excluding carboxylic acids is 3. The maximum atomic E-state index is 12.8. The maximum absolute atomic E-state index is 12.8. The number of furan rings is 1. The second-order valence-electron chi connectivity index (χ2n) is 13.3. The molecule has 1 unspecified atom stereocenters. The lowest BCUT2D eigenvalue weighted by molar-refractivity contribution is -0.280. The highest BCUT2D eigenvalue weighted by Gasteiger charge is 2.88. The fourth-order valence-electron chi connectivity index (χ4n) is 10.2. The monoisotopic (exact) mass is 526 g/mol. The van der Waals surface area contributed by atoms with Gasteiger partial charge >= 0.3 is 17.9 Å². The number of esters is 3.